The Hall–Kier alpha value is -0.570. The van der Waals surface area contributed by atoms with E-state index in [4.69, 9.17) is 4.74 Å². The molecule has 2 saturated carbocycles. The van der Waals surface area contributed by atoms with Gasteiger partial charge in [-0.05, 0) is 50.4 Å². The van der Waals surface area contributed by atoms with E-state index in [0.717, 1.165) is 25.0 Å². The van der Waals surface area contributed by atoms with Crippen LogP contribution in [0.3, 0.4) is 0 Å². The molecule has 2 rings (SSSR count). The molecule has 1 atom stereocenters. The molecule has 1 amide bonds. The largest absolute Gasteiger partial charge is 0.368 e. The van der Waals surface area contributed by atoms with Crippen molar-refractivity contribution in [3.63, 3.8) is 0 Å². The first kappa shape index (κ1) is 14.8. The first-order valence-corrected chi connectivity index (χ1v) is 8.08. The summed E-state index contributed by atoms with van der Waals surface area (Å²) in [7, 11) is 0. The Morgan fingerprint density at radius 3 is 2.26 bits per heavy atom. The molecule has 1 N–H and O–H groups in total. The van der Waals surface area contributed by atoms with Crippen LogP contribution in [-0.2, 0) is 9.53 Å². The third-order valence-corrected chi connectivity index (χ3v) is 4.76. The van der Waals surface area contributed by atoms with Crippen molar-refractivity contribution < 1.29 is 9.53 Å². The van der Waals surface area contributed by atoms with Crippen LogP contribution >= 0.6 is 0 Å². The maximum Gasteiger partial charge on any atom is 0.248 e. The molecule has 3 heteroatoms. The molecule has 0 aromatic heterocycles. The average Bonchev–Trinajstić information content (AvgIpc) is 3.26. The van der Waals surface area contributed by atoms with Crippen molar-refractivity contribution in [1.29, 1.82) is 0 Å². The lowest BCUT2D eigenvalue weighted by atomic mass is 9.81. The zero-order valence-electron chi connectivity index (χ0n) is 12.5. The van der Waals surface area contributed by atoms with Crippen LogP contribution in [0.4, 0.5) is 0 Å². The van der Waals surface area contributed by atoms with Crippen LogP contribution in [0.25, 0.3) is 0 Å². The lowest BCUT2D eigenvalue weighted by Gasteiger charge is -2.28. The third kappa shape index (κ3) is 5.13. The first-order chi connectivity index (χ1) is 9.19. The van der Waals surface area contributed by atoms with E-state index in [1.54, 1.807) is 0 Å². The van der Waals surface area contributed by atoms with Crippen LogP contribution < -0.4 is 5.32 Å². The van der Waals surface area contributed by atoms with E-state index in [2.05, 4.69) is 12.2 Å². The highest BCUT2D eigenvalue weighted by Gasteiger charge is 2.25. The Labute approximate surface area is 117 Å². The second-order valence-corrected chi connectivity index (χ2v) is 6.46. The SMILES string of the molecule is CCC1CCC(CNC(=O)C(C)OCC2CC2)CC1. The fourth-order valence-corrected chi connectivity index (χ4v) is 2.87. The van der Waals surface area contributed by atoms with Gasteiger partial charge in [0.25, 0.3) is 0 Å². The highest BCUT2D eigenvalue weighted by molar-refractivity contribution is 5.80. The normalized spacial score (nSPS) is 28.9. The number of carbonyl (C=O) groups excluding carboxylic acids is 1. The van der Waals surface area contributed by atoms with Crippen LogP contribution in [0.2, 0.25) is 0 Å². The van der Waals surface area contributed by atoms with Gasteiger partial charge in [0.2, 0.25) is 5.91 Å². The number of amides is 1. The van der Waals surface area contributed by atoms with Crippen molar-refractivity contribution in [2.75, 3.05) is 13.2 Å². The van der Waals surface area contributed by atoms with Gasteiger partial charge in [0, 0.05) is 6.54 Å². The number of ether oxygens (including phenoxy) is 1. The summed E-state index contributed by atoms with van der Waals surface area (Å²) in [5.74, 6) is 2.40. The second kappa shape index (κ2) is 7.28. The number of rotatable bonds is 7. The summed E-state index contributed by atoms with van der Waals surface area (Å²) >= 11 is 0. The molecule has 0 radical (unpaired) electrons. The predicted octanol–water partition coefficient (Wildman–Crippen LogP) is 3.13. The van der Waals surface area contributed by atoms with Crippen molar-refractivity contribution in [3.05, 3.63) is 0 Å². The van der Waals surface area contributed by atoms with E-state index in [1.807, 2.05) is 6.92 Å². The van der Waals surface area contributed by atoms with E-state index in [9.17, 15) is 4.79 Å². The summed E-state index contributed by atoms with van der Waals surface area (Å²) in [6.45, 7) is 5.75. The third-order valence-electron chi connectivity index (χ3n) is 4.76. The Bertz CT molecular complexity index is 280. The van der Waals surface area contributed by atoms with Gasteiger partial charge in [0.15, 0.2) is 0 Å². The molecule has 1 unspecified atom stereocenters. The minimum atomic E-state index is -0.285. The standard InChI is InChI=1S/C16H29NO2/c1-3-13-4-6-14(7-5-13)10-17-16(18)12(2)19-11-15-8-9-15/h12-15H,3-11H2,1-2H3,(H,17,18). The topological polar surface area (TPSA) is 38.3 Å². The molecule has 2 fully saturated rings. The molecule has 2 aliphatic carbocycles. The number of nitrogens with one attached hydrogen (secondary N) is 1. The zero-order valence-corrected chi connectivity index (χ0v) is 12.5. The van der Waals surface area contributed by atoms with E-state index in [-0.39, 0.29) is 12.0 Å². The highest BCUT2D eigenvalue weighted by Crippen LogP contribution is 2.30. The van der Waals surface area contributed by atoms with Gasteiger partial charge < -0.3 is 10.1 Å². The molecule has 0 saturated heterocycles. The van der Waals surface area contributed by atoms with Gasteiger partial charge in [-0.15, -0.1) is 0 Å². The molecule has 0 aromatic carbocycles. The minimum absolute atomic E-state index is 0.0678. The van der Waals surface area contributed by atoms with Crippen LogP contribution in [0.5, 0.6) is 0 Å². The Morgan fingerprint density at radius 1 is 1.11 bits per heavy atom. The number of hydrogen-bond donors (Lipinski definition) is 1. The van der Waals surface area contributed by atoms with Crippen molar-refractivity contribution in [2.45, 2.75) is 64.9 Å². The predicted molar refractivity (Wildman–Crippen MR) is 76.9 cm³/mol. The van der Waals surface area contributed by atoms with E-state index < -0.39 is 0 Å². The number of carbonyl (C=O) groups is 1. The van der Waals surface area contributed by atoms with Crippen LogP contribution in [0, 0.1) is 17.8 Å². The monoisotopic (exact) mass is 267 g/mol. The average molecular weight is 267 g/mol. The maximum atomic E-state index is 11.9. The molecule has 3 nitrogen and oxygen atoms in total. The van der Waals surface area contributed by atoms with Gasteiger partial charge in [-0.2, -0.15) is 0 Å². The van der Waals surface area contributed by atoms with Crippen LogP contribution in [-0.4, -0.2) is 25.2 Å². The van der Waals surface area contributed by atoms with Gasteiger partial charge in [-0.25, -0.2) is 0 Å². The molecule has 0 aromatic rings. The Kier molecular flexibility index (Phi) is 5.68. The van der Waals surface area contributed by atoms with E-state index in [0.29, 0.717) is 5.92 Å². The summed E-state index contributed by atoms with van der Waals surface area (Å²) in [6.07, 6.45) is 8.80. The lowest BCUT2D eigenvalue weighted by Crippen LogP contribution is -2.38. The molecule has 0 heterocycles. The quantitative estimate of drug-likeness (QED) is 0.769. The van der Waals surface area contributed by atoms with Crippen molar-refractivity contribution in [3.8, 4) is 0 Å². The summed E-state index contributed by atoms with van der Waals surface area (Å²) < 4.78 is 5.59. The molecular formula is C16H29NO2. The van der Waals surface area contributed by atoms with Gasteiger partial charge in [0.1, 0.15) is 6.10 Å². The smallest absolute Gasteiger partial charge is 0.248 e. The Balaban J connectivity index is 1.57. The molecule has 110 valence electrons. The van der Waals surface area contributed by atoms with Crippen LogP contribution in [0.15, 0.2) is 0 Å². The summed E-state index contributed by atoms with van der Waals surface area (Å²) in [5, 5.41) is 3.07. The molecule has 0 aliphatic heterocycles. The number of hydrogen-bond acceptors (Lipinski definition) is 2. The molecule has 0 bridgehead atoms. The lowest BCUT2D eigenvalue weighted by molar-refractivity contribution is -0.132. The van der Waals surface area contributed by atoms with Gasteiger partial charge in [-0.1, -0.05) is 26.2 Å². The fraction of sp³-hybridized carbons (Fsp3) is 0.938. The van der Waals surface area contributed by atoms with Crippen molar-refractivity contribution in [2.24, 2.45) is 17.8 Å². The zero-order chi connectivity index (χ0) is 13.7. The van der Waals surface area contributed by atoms with E-state index in [1.165, 1.54) is 44.9 Å². The van der Waals surface area contributed by atoms with Crippen molar-refractivity contribution >= 4 is 5.91 Å². The van der Waals surface area contributed by atoms with Gasteiger partial charge in [0.05, 0.1) is 6.61 Å². The second-order valence-electron chi connectivity index (χ2n) is 6.46. The molecular weight excluding hydrogens is 238 g/mol. The summed E-state index contributed by atoms with van der Waals surface area (Å²) in [6, 6.07) is 0. The Morgan fingerprint density at radius 2 is 1.68 bits per heavy atom. The van der Waals surface area contributed by atoms with Gasteiger partial charge in [-0.3, -0.25) is 4.79 Å². The summed E-state index contributed by atoms with van der Waals surface area (Å²) in [4.78, 5) is 11.9. The maximum absolute atomic E-state index is 11.9. The van der Waals surface area contributed by atoms with Crippen LogP contribution in [0.1, 0.15) is 58.8 Å². The van der Waals surface area contributed by atoms with Crippen molar-refractivity contribution in [1.82, 2.24) is 5.32 Å². The molecule has 0 spiro atoms. The van der Waals surface area contributed by atoms with E-state index >= 15 is 0 Å². The summed E-state index contributed by atoms with van der Waals surface area (Å²) in [5.41, 5.74) is 0. The molecule has 2 aliphatic rings. The minimum Gasteiger partial charge on any atom is -0.368 e. The first-order valence-electron chi connectivity index (χ1n) is 8.08. The molecule has 19 heavy (non-hydrogen) atoms. The fourth-order valence-electron chi connectivity index (χ4n) is 2.87. The van der Waals surface area contributed by atoms with Gasteiger partial charge >= 0.3 is 0 Å². The highest BCUT2D eigenvalue weighted by atomic mass is 16.5.